The Morgan fingerprint density at radius 1 is 1.62 bits per heavy atom. The quantitative estimate of drug-likeness (QED) is 0.482. The third kappa shape index (κ3) is 4.97. The molecule has 0 heterocycles. The van der Waals surface area contributed by atoms with Crippen LogP contribution in [-0.4, -0.2) is 36.6 Å². The first-order valence-corrected chi connectivity index (χ1v) is 3.89. The number of aliphatic carboxylic acids is 1. The maximum absolute atomic E-state index is 11.2. The van der Waals surface area contributed by atoms with Gasteiger partial charge in [-0.05, 0) is 13.5 Å². The molecule has 0 aromatic rings. The lowest BCUT2D eigenvalue weighted by molar-refractivity contribution is -0.138. The molecular weight excluding hydrogens is 172 g/mol. The van der Waals surface area contributed by atoms with E-state index in [2.05, 4.69) is 17.2 Å². The van der Waals surface area contributed by atoms with Gasteiger partial charge in [0.1, 0.15) is 6.54 Å². The molecule has 74 valence electrons. The highest BCUT2D eigenvalue weighted by Crippen LogP contribution is 1.91. The second-order valence-electron chi connectivity index (χ2n) is 2.48. The minimum Gasteiger partial charge on any atom is -0.480 e. The molecular formula is C8H14N2O3. The van der Waals surface area contributed by atoms with Gasteiger partial charge in [-0.1, -0.05) is 6.08 Å². The molecule has 0 aliphatic rings. The molecule has 0 spiro atoms. The highest BCUT2D eigenvalue weighted by molar-refractivity contribution is 5.85. The number of carbonyl (C=O) groups is 2. The Morgan fingerprint density at radius 3 is 2.62 bits per heavy atom. The monoisotopic (exact) mass is 186 g/mol. The van der Waals surface area contributed by atoms with Crippen molar-refractivity contribution in [2.75, 3.05) is 13.6 Å². The van der Waals surface area contributed by atoms with Gasteiger partial charge in [0.25, 0.3) is 0 Å². The van der Waals surface area contributed by atoms with E-state index < -0.39 is 12.0 Å². The van der Waals surface area contributed by atoms with Crippen molar-refractivity contribution >= 4 is 11.9 Å². The van der Waals surface area contributed by atoms with Crippen molar-refractivity contribution < 1.29 is 14.7 Å². The van der Waals surface area contributed by atoms with E-state index in [1.807, 2.05) is 0 Å². The van der Waals surface area contributed by atoms with Crippen LogP contribution < -0.4 is 10.6 Å². The number of carbonyl (C=O) groups excluding carboxylic acids is 1. The SMILES string of the molecule is C=CCC(NC)C(=O)NCC(=O)O. The fourth-order valence-electron chi connectivity index (χ4n) is 0.809. The zero-order valence-corrected chi connectivity index (χ0v) is 7.54. The van der Waals surface area contributed by atoms with E-state index in [0.29, 0.717) is 6.42 Å². The van der Waals surface area contributed by atoms with Crippen LogP contribution >= 0.6 is 0 Å². The zero-order valence-electron chi connectivity index (χ0n) is 7.54. The number of hydrogen-bond donors (Lipinski definition) is 3. The summed E-state index contributed by atoms with van der Waals surface area (Å²) in [5, 5.41) is 13.3. The molecule has 3 N–H and O–H groups in total. The van der Waals surface area contributed by atoms with Crippen molar-refractivity contribution in [3.05, 3.63) is 12.7 Å². The number of likely N-dealkylation sites (N-methyl/N-ethyl adjacent to an activating group) is 1. The summed E-state index contributed by atoms with van der Waals surface area (Å²) in [7, 11) is 1.63. The average molecular weight is 186 g/mol. The van der Waals surface area contributed by atoms with Crippen molar-refractivity contribution in [3.63, 3.8) is 0 Å². The first-order valence-electron chi connectivity index (χ1n) is 3.89. The third-order valence-electron chi connectivity index (χ3n) is 1.48. The molecule has 1 unspecified atom stereocenters. The van der Waals surface area contributed by atoms with Crippen LogP contribution in [0, 0.1) is 0 Å². The van der Waals surface area contributed by atoms with Gasteiger partial charge in [0.15, 0.2) is 0 Å². The van der Waals surface area contributed by atoms with Crippen molar-refractivity contribution in [2.24, 2.45) is 0 Å². The molecule has 0 aromatic carbocycles. The molecule has 0 bridgehead atoms. The van der Waals surface area contributed by atoms with Gasteiger partial charge in [-0.3, -0.25) is 9.59 Å². The Balaban J connectivity index is 3.90. The standard InChI is InChI=1S/C8H14N2O3/c1-3-4-6(9-2)8(13)10-5-7(11)12/h3,6,9H,1,4-5H2,2H3,(H,10,13)(H,11,12). The summed E-state index contributed by atoms with van der Waals surface area (Å²) in [6.45, 7) is 3.14. The molecule has 0 fully saturated rings. The van der Waals surface area contributed by atoms with E-state index in [0.717, 1.165) is 0 Å². The van der Waals surface area contributed by atoms with Crippen LogP contribution in [0.25, 0.3) is 0 Å². The van der Waals surface area contributed by atoms with Gasteiger partial charge in [0.05, 0.1) is 6.04 Å². The summed E-state index contributed by atoms with van der Waals surface area (Å²) < 4.78 is 0. The Bertz CT molecular complexity index is 204. The molecule has 0 saturated heterocycles. The lowest BCUT2D eigenvalue weighted by Gasteiger charge is -2.12. The van der Waals surface area contributed by atoms with E-state index in [4.69, 9.17) is 5.11 Å². The second kappa shape index (κ2) is 6.19. The maximum atomic E-state index is 11.2. The molecule has 1 amide bonds. The predicted molar refractivity (Wildman–Crippen MR) is 48.3 cm³/mol. The van der Waals surface area contributed by atoms with Crippen LogP contribution in [0.15, 0.2) is 12.7 Å². The van der Waals surface area contributed by atoms with Gasteiger partial charge in [-0.15, -0.1) is 6.58 Å². The number of nitrogens with one attached hydrogen (secondary N) is 2. The van der Waals surface area contributed by atoms with Gasteiger partial charge in [-0.2, -0.15) is 0 Å². The fourth-order valence-corrected chi connectivity index (χ4v) is 0.809. The van der Waals surface area contributed by atoms with Gasteiger partial charge in [0.2, 0.25) is 5.91 Å². The molecule has 5 heteroatoms. The molecule has 5 nitrogen and oxygen atoms in total. The summed E-state index contributed by atoms with van der Waals surface area (Å²) >= 11 is 0. The normalized spacial score (nSPS) is 11.8. The van der Waals surface area contributed by atoms with Crippen LogP contribution in [0.2, 0.25) is 0 Å². The molecule has 1 atom stereocenters. The number of rotatable bonds is 6. The first kappa shape index (κ1) is 11.6. The number of carboxylic acid groups (broad SMARTS) is 1. The predicted octanol–water partition coefficient (Wildman–Crippen LogP) is -0.649. The van der Waals surface area contributed by atoms with Crippen molar-refractivity contribution in [1.29, 1.82) is 0 Å². The Labute approximate surface area is 76.8 Å². The average Bonchev–Trinajstić information content (AvgIpc) is 2.10. The van der Waals surface area contributed by atoms with E-state index in [1.54, 1.807) is 13.1 Å². The molecule has 0 aliphatic carbocycles. The molecule has 0 rings (SSSR count). The van der Waals surface area contributed by atoms with Gasteiger partial charge < -0.3 is 15.7 Å². The summed E-state index contributed by atoms with van der Waals surface area (Å²) in [4.78, 5) is 21.3. The largest absolute Gasteiger partial charge is 0.480 e. The Hall–Kier alpha value is -1.36. The number of hydrogen-bond acceptors (Lipinski definition) is 3. The van der Waals surface area contributed by atoms with Crippen molar-refractivity contribution in [2.45, 2.75) is 12.5 Å². The topological polar surface area (TPSA) is 78.4 Å². The van der Waals surface area contributed by atoms with E-state index in [-0.39, 0.29) is 12.5 Å². The smallest absolute Gasteiger partial charge is 0.322 e. The highest BCUT2D eigenvalue weighted by atomic mass is 16.4. The highest BCUT2D eigenvalue weighted by Gasteiger charge is 2.14. The lowest BCUT2D eigenvalue weighted by Crippen LogP contribution is -2.43. The van der Waals surface area contributed by atoms with Crippen LogP contribution in [0.5, 0.6) is 0 Å². The van der Waals surface area contributed by atoms with Gasteiger partial charge in [0, 0.05) is 0 Å². The molecule has 0 saturated carbocycles. The van der Waals surface area contributed by atoms with E-state index >= 15 is 0 Å². The van der Waals surface area contributed by atoms with E-state index in [9.17, 15) is 9.59 Å². The van der Waals surface area contributed by atoms with E-state index in [1.165, 1.54) is 0 Å². The van der Waals surface area contributed by atoms with Crippen molar-refractivity contribution in [3.8, 4) is 0 Å². The first-order chi connectivity index (χ1) is 6.11. The minimum atomic E-state index is -1.05. The Morgan fingerprint density at radius 2 is 2.23 bits per heavy atom. The van der Waals surface area contributed by atoms with Gasteiger partial charge in [-0.25, -0.2) is 0 Å². The molecule has 0 aromatic heterocycles. The number of carboxylic acids is 1. The van der Waals surface area contributed by atoms with Gasteiger partial charge >= 0.3 is 5.97 Å². The second-order valence-corrected chi connectivity index (χ2v) is 2.48. The lowest BCUT2D eigenvalue weighted by atomic mass is 10.2. The van der Waals surface area contributed by atoms with Crippen LogP contribution in [0.4, 0.5) is 0 Å². The molecule has 0 radical (unpaired) electrons. The van der Waals surface area contributed by atoms with Crippen LogP contribution in [0.1, 0.15) is 6.42 Å². The Kier molecular flexibility index (Phi) is 5.54. The summed E-state index contributed by atoms with van der Waals surface area (Å²) in [6, 6.07) is -0.406. The summed E-state index contributed by atoms with van der Waals surface area (Å²) in [5.41, 5.74) is 0. The zero-order chi connectivity index (χ0) is 10.3. The fraction of sp³-hybridized carbons (Fsp3) is 0.500. The van der Waals surface area contributed by atoms with Crippen LogP contribution in [0.3, 0.4) is 0 Å². The number of amides is 1. The molecule has 0 aliphatic heterocycles. The molecule has 13 heavy (non-hydrogen) atoms. The third-order valence-corrected chi connectivity index (χ3v) is 1.48. The van der Waals surface area contributed by atoms with Crippen LogP contribution in [-0.2, 0) is 9.59 Å². The maximum Gasteiger partial charge on any atom is 0.322 e. The summed E-state index contributed by atoms with van der Waals surface area (Å²) in [6.07, 6.45) is 2.07. The summed E-state index contributed by atoms with van der Waals surface area (Å²) in [5.74, 6) is -1.38. The van der Waals surface area contributed by atoms with Crippen molar-refractivity contribution in [1.82, 2.24) is 10.6 Å². The minimum absolute atomic E-state index is 0.329.